The Morgan fingerprint density at radius 1 is 1.11 bits per heavy atom. The molecule has 0 radical (unpaired) electrons. The first-order valence-corrected chi connectivity index (χ1v) is 9.68. The molecule has 2 aliphatic heterocycles. The molecule has 0 aromatic heterocycles. The Labute approximate surface area is 169 Å². The maximum atomic E-state index is 13.2. The van der Waals surface area contributed by atoms with Gasteiger partial charge in [0.2, 0.25) is 0 Å². The van der Waals surface area contributed by atoms with Gasteiger partial charge in [-0.2, -0.15) is 0 Å². The number of methoxy groups -OCH3 is 1. The molecule has 2 heterocycles. The van der Waals surface area contributed by atoms with E-state index in [4.69, 9.17) is 21.1 Å². The number of nitrogens with zero attached hydrogens (tertiary/aromatic N) is 3. The van der Waals surface area contributed by atoms with Gasteiger partial charge in [0.05, 0.1) is 31.7 Å². The van der Waals surface area contributed by atoms with E-state index in [2.05, 4.69) is 9.89 Å². The summed E-state index contributed by atoms with van der Waals surface area (Å²) in [6, 6.07) is 12.8. The van der Waals surface area contributed by atoms with E-state index in [1.807, 2.05) is 42.5 Å². The average molecular weight is 400 g/mol. The maximum Gasteiger partial charge on any atom is 0.277 e. The number of rotatable bonds is 5. The molecule has 0 saturated carbocycles. The van der Waals surface area contributed by atoms with E-state index in [9.17, 15) is 4.79 Å². The van der Waals surface area contributed by atoms with Crippen LogP contribution in [0, 0.1) is 0 Å². The van der Waals surface area contributed by atoms with Crippen molar-refractivity contribution < 1.29 is 14.3 Å². The number of aliphatic imine (C=N–C) groups is 1. The van der Waals surface area contributed by atoms with E-state index in [-0.39, 0.29) is 5.91 Å². The van der Waals surface area contributed by atoms with Crippen LogP contribution in [0.2, 0.25) is 5.02 Å². The molecule has 6 nitrogen and oxygen atoms in total. The smallest absolute Gasteiger partial charge is 0.277 e. The zero-order chi connectivity index (χ0) is 19.5. The van der Waals surface area contributed by atoms with Crippen LogP contribution in [0.5, 0.6) is 5.75 Å². The molecule has 2 aliphatic rings. The van der Waals surface area contributed by atoms with Gasteiger partial charge in [-0.25, -0.2) is 4.99 Å². The summed E-state index contributed by atoms with van der Waals surface area (Å²) in [5.41, 5.74) is 2.75. The van der Waals surface area contributed by atoms with Crippen molar-refractivity contribution in [2.75, 3.05) is 51.4 Å². The number of amides is 1. The molecule has 146 valence electrons. The van der Waals surface area contributed by atoms with Crippen LogP contribution in [-0.4, -0.2) is 63.0 Å². The molecule has 2 aromatic carbocycles. The molecule has 2 aromatic rings. The summed E-state index contributed by atoms with van der Waals surface area (Å²) in [6.07, 6.45) is 0. The second kappa shape index (κ2) is 8.31. The van der Waals surface area contributed by atoms with Gasteiger partial charge in [0.25, 0.3) is 5.91 Å². The Morgan fingerprint density at radius 3 is 2.57 bits per heavy atom. The Morgan fingerprint density at radius 2 is 1.86 bits per heavy atom. The minimum atomic E-state index is -0.0960. The van der Waals surface area contributed by atoms with Crippen molar-refractivity contribution in [2.24, 2.45) is 4.99 Å². The van der Waals surface area contributed by atoms with Gasteiger partial charge >= 0.3 is 0 Å². The van der Waals surface area contributed by atoms with Crippen molar-refractivity contribution in [3.05, 3.63) is 53.1 Å². The summed E-state index contributed by atoms with van der Waals surface area (Å²) >= 11 is 6.20. The van der Waals surface area contributed by atoms with E-state index in [1.165, 1.54) is 0 Å². The predicted molar refractivity (Wildman–Crippen MR) is 110 cm³/mol. The number of benzene rings is 2. The van der Waals surface area contributed by atoms with Crippen molar-refractivity contribution in [3.63, 3.8) is 0 Å². The molecule has 0 atom stereocenters. The summed E-state index contributed by atoms with van der Waals surface area (Å²) in [6.45, 7) is 4.67. The van der Waals surface area contributed by atoms with Crippen LogP contribution in [0.25, 0.3) is 0 Å². The lowest BCUT2D eigenvalue weighted by Gasteiger charge is -2.28. The molecule has 0 N–H and O–H groups in total. The highest BCUT2D eigenvalue weighted by molar-refractivity contribution is 6.55. The first-order chi connectivity index (χ1) is 13.7. The number of carbonyl (C=O) groups is 1. The average Bonchev–Trinajstić information content (AvgIpc) is 2.98. The quantitative estimate of drug-likeness (QED) is 0.775. The van der Waals surface area contributed by atoms with E-state index >= 15 is 0 Å². The Bertz CT molecular complexity index is 892. The summed E-state index contributed by atoms with van der Waals surface area (Å²) in [4.78, 5) is 21.9. The molecule has 1 saturated heterocycles. The summed E-state index contributed by atoms with van der Waals surface area (Å²) in [5, 5.41) is 0.587. The lowest BCUT2D eigenvalue weighted by molar-refractivity contribution is -0.112. The van der Waals surface area contributed by atoms with Crippen LogP contribution >= 0.6 is 11.6 Å². The molecule has 28 heavy (non-hydrogen) atoms. The van der Waals surface area contributed by atoms with Crippen molar-refractivity contribution in [1.82, 2.24) is 4.90 Å². The van der Waals surface area contributed by atoms with Gasteiger partial charge < -0.3 is 14.4 Å². The second-order valence-corrected chi connectivity index (χ2v) is 7.17. The lowest BCUT2D eigenvalue weighted by Crippen LogP contribution is -2.42. The zero-order valence-corrected chi connectivity index (χ0v) is 16.5. The molecule has 1 amide bonds. The van der Waals surface area contributed by atoms with Gasteiger partial charge in [-0.05, 0) is 42.5 Å². The standard InChI is InChI=1S/C21H22ClN3O3/c1-27-17-5-3-16(4-6-17)23-20-18-14-15(22)2-7-19(18)25(21(20)26)9-8-24-10-12-28-13-11-24/h2-7,14H,8-13H2,1H3. The Hall–Kier alpha value is -2.41. The van der Waals surface area contributed by atoms with Crippen LogP contribution in [0.15, 0.2) is 47.5 Å². The second-order valence-electron chi connectivity index (χ2n) is 6.73. The molecule has 4 rings (SSSR count). The fourth-order valence-electron chi connectivity index (χ4n) is 3.47. The normalized spacial score (nSPS) is 18.6. The topological polar surface area (TPSA) is 54.4 Å². The van der Waals surface area contributed by atoms with Crippen LogP contribution in [0.1, 0.15) is 5.56 Å². The molecule has 0 spiro atoms. The van der Waals surface area contributed by atoms with Crippen LogP contribution in [0.3, 0.4) is 0 Å². The van der Waals surface area contributed by atoms with Gasteiger partial charge in [0.1, 0.15) is 11.5 Å². The number of ether oxygens (including phenoxy) is 2. The third kappa shape index (κ3) is 3.90. The Kier molecular flexibility index (Phi) is 5.62. The molecular formula is C21H22ClN3O3. The lowest BCUT2D eigenvalue weighted by atomic mass is 10.1. The molecular weight excluding hydrogens is 378 g/mol. The number of morpholine rings is 1. The monoisotopic (exact) mass is 399 g/mol. The first kappa shape index (κ1) is 18.9. The fourth-order valence-corrected chi connectivity index (χ4v) is 3.64. The summed E-state index contributed by atoms with van der Waals surface area (Å²) in [5.74, 6) is 0.652. The number of fused-ring (bicyclic) bond motifs is 1. The third-order valence-corrected chi connectivity index (χ3v) is 5.24. The molecule has 0 bridgehead atoms. The zero-order valence-electron chi connectivity index (χ0n) is 15.7. The van der Waals surface area contributed by atoms with Crippen LogP contribution in [0.4, 0.5) is 11.4 Å². The largest absolute Gasteiger partial charge is 0.497 e. The van der Waals surface area contributed by atoms with Gasteiger partial charge in [-0.1, -0.05) is 11.6 Å². The van der Waals surface area contributed by atoms with Crippen molar-refractivity contribution in [1.29, 1.82) is 0 Å². The van der Waals surface area contributed by atoms with Crippen LogP contribution in [-0.2, 0) is 9.53 Å². The first-order valence-electron chi connectivity index (χ1n) is 9.30. The number of halogens is 1. The van der Waals surface area contributed by atoms with Gasteiger partial charge in [-0.3, -0.25) is 9.69 Å². The predicted octanol–water partition coefficient (Wildman–Crippen LogP) is 3.15. The van der Waals surface area contributed by atoms with Gasteiger partial charge in [-0.15, -0.1) is 0 Å². The SMILES string of the molecule is COc1ccc(N=C2C(=O)N(CCN3CCOCC3)c3ccc(Cl)cc32)cc1. The van der Waals surface area contributed by atoms with Gasteiger partial charge in [0, 0.05) is 36.8 Å². The van der Waals surface area contributed by atoms with E-state index in [1.54, 1.807) is 12.0 Å². The number of carbonyl (C=O) groups excluding carboxylic acids is 1. The Balaban J connectivity index is 1.61. The van der Waals surface area contributed by atoms with E-state index < -0.39 is 0 Å². The molecule has 1 fully saturated rings. The minimum Gasteiger partial charge on any atom is -0.497 e. The highest BCUT2D eigenvalue weighted by Gasteiger charge is 2.34. The van der Waals surface area contributed by atoms with Crippen molar-refractivity contribution >= 4 is 34.6 Å². The summed E-state index contributed by atoms with van der Waals surface area (Å²) < 4.78 is 10.6. The van der Waals surface area contributed by atoms with E-state index in [0.29, 0.717) is 23.0 Å². The highest BCUT2D eigenvalue weighted by atomic mass is 35.5. The molecule has 0 unspecified atom stereocenters. The highest BCUT2D eigenvalue weighted by Crippen LogP contribution is 2.33. The molecule has 7 heteroatoms. The minimum absolute atomic E-state index is 0.0960. The third-order valence-electron chi connectivity index (χ3n) is 5.01. The number of anilines is 1. The molecule has 0 aliphatic carbocycles. The fraction of sp³-hybridized carbons (Fsp3) is 0.333. The van der Waals surface area contributed by atoms with Gasteiger partial charge in [0.15, 0.2) is 0 Å². The maximum absolute atomic E-state index is 13.2. The number of hydrogen-bond donors (Lipinski definition) is 0. The van der Waals surface area contributed by atoms with E-state index in [0.717, 1.165) is 49.8 Å². The van der Waals surface area contributed by atoms with Crippen LogP contribution < -0.4 is 9.64 Å². The summed E-state index contributed by atoms with van der Waals surface area (Å²) in [7, 11) is 1.62. The number of hydrogen-bond acceptors (Lipinski definition) is 5. The van der Waals surface area contributed by atoms with Crippen molar-refractivity contribution in [2.45, 2.75) is 0 Å². The van der Waals surface area contributed by atoms with Crippen molar-refractivity contribution in [3.8, 4) is 5.75 Å².